The fourth-order valence-electron chi connectivity index (χ4n) is 1.40. The second-order valence-corrected chi connectivity index (χ2v) is 5.94. The fourth-order valence-corrected chi connectivity index (χ4v) is 3.21. The molecule has 6 heteroatoms. The van der Waals surface area contributed by atoms with Gasteiger partial charge < -0.3 is 5.11 Å². The highest BCUT2D eigenvalue weighted by Crippen LogP contribution is 2.20. The summed E-state index contributed by atoms with van der Waals surface area (Å²) in [5.74, 6) is 0. The zero-order valence-electron chi connectivity index (χ0n) is 9.77. The molecular formula is C11H16ClNO3S. The molecule has 1 rings (SSSR count). The van der Waals surface area contributed by atoms with E-state index in [0.29, 0.717) is 17.0 Å². The van der Waals surface area contributed by atoms with Gasteiger partial charge in [0.05, 0.1) is 11.5 Å². The summed E-state index contributed by atoms with van der Waals surface area (Å²) >= 11 is 5.79. The van der Waals surface area contributed by atoms with Gasteiger partial charge in [-0.05, 0) is 31.0 Å². The average Bonchev–Trinajstić information content (AvgIpc) is 2.29. The van der Waals surface area contributed by atoms with Crippen molar-refractivity contribution in [3.05, 3.63) is 28.8 Å². The molecule has 0 bridgehead atoms. The van der Waals surface area contributed by atoms with Gasteiger partial charge in [0, 0.05) is 11.1 Å². The highest BCUT2D eigenvalue weighted by Gasteiger charge is 2.20. The highest BCUT2D eigenvalue weighted by molar-refractivity contribution is 7.89. The molecule has 0 spiro atoms. The lowest BCUT2D eigenvalue weighted by Crippen LogP contribution is -2.37. The van der Waals surface area contributed by atoms with Crippen LogP contribution in [0.5, 0.6) is 0 Å². The highest BCUT2D eigenvalue weighted by atomic mass is 35.5. The molecule has 0 aromatic heterocycles. The average molecular weight is 278 g/mol. The van der Waals surface area contributed by atoms with Crippen LogP contribution in [0.3, 0.4) is 0 Å². The lowest BCUT2D eigenvalue weighted by Gasteiger charge is -2.15. The van der Waals surface area contributed by atoms with Crippen molar-refractivity contribution < 1.29 is 13.5 Å². The van der Waals surface area contributed by atoms with E-state index in [1.54, 1.807) is 26.0 Å². The summed E-state index contributed by atoms with van der Waals surface area (Å²) in [7, 11) is -3.63. The fraction of sp³-hybridized carbons (Fsp3) is 0.455. The van der Waals surface area contributed by atoms with Gasteiger partial charge in [0.25, 0.3) is 0 Å². The van der Waals surface area contributed by atoms with Crippen LogP contribution in [-0.4, -0.2) is 26.2 Å². The molecule has 2 N–H and O–H groups in total. The Hall–Kier alpha value is -0.620. The van der Waals surface area contributed by atoms with E-state index in [9.17, 15) is 8.42 Å². The van der Waals surface area contributed by atoms with E-state index < -0.39 is 16.1 Å². The monoisotopic (exact) mass is 277 g/mol. The van der Waals surface area contributed by atoms with Crippen molar-refractivity contribution in [2.45, 2.75) is 31.2 Å². The minimum Gasteiger partial charge on any atom is -0.395 e. The third-order valence-corrected chi connectivity index (χ3v) is 4.37. The van der Waals surface area contributed by atoms with Gasteiger partial charge in [-0.3, -0.25) is 0 Å². The van der Waals surface area contributed by atoms with Gasteiger partial charge in [-0.1, -0.05) is 24.6 Å². The van der Waals surface area contributed by atoms with Crippen molar-refractivity contribution in [3.8, 4) is 0 Å². The standard InChI is InChI=1S/C11H16ClNO3S/c1-3-10(7-14)13-17(15,16)11-6-9(12)5-4-8(11)2/h4-6,10,13-14H,3,7H2,1-2H3. The van der Waals surface area contributed by atoms with E-state index in [-0.39, 0.29) is 11.5 Å². The van der Waals surface area contributed by atoms with Crippen molar-refractivity contribution in [1.82, 2.24) is 4.72 Å². The molecule has 0 heterocycles. The topological polar surface area (TPSA) is 66.4 Å². The van der Waals surface area contributed by atoms with E-state index in [1.165, 1.54) is 6.07 Å². The third-order valence-electron chi connectivity index (χ3n) is 2.47. The number of benzene rings is 1. The number of sulfonamides is 1. The number of halogens is 1. The zero-order chi connectivity index (χ0) is 13.1. The van der Waals surface area contributed by atoms with Gasteiger partial charge >= 0.3 is 0 Å². The number of aliphatic hydroxyl groups excluding tert-OH is 1. The van der Waals surface area contributed by atoms with E-state index in [4.69, 9.17) is 16.7 Å². The van der Waals surface area contributed by atoms with Gasteiger partial charge in [-0.25, -0.2) is 13.1 Å². The summed E-state index contributed by atoms with van der Waals surface area (Å²) in [5, 5.41) is 9.38. The second-order valence-electron chi connectivity index (χ2n) is 3.82. The SMILES string of the molecule is CCC(CO)NS(=O)(=O)c1cc(Cl)ccc1C. The third kappa shape index (κ3) is 3.67. The molecule has 0 aliphatic rings. The number of rotatable bonds is 5. The molecule has 1 atom stereocenters. The number of aryl methyl sites for hydroxylation is 1. The molecule has 0 fully saturated rings. The van der Waals surface area contributed by atoms with Crippen molar-refractivity contribution >= 4 is 21.6 Å². The van der Waals surface area contributed by atoms with E-state index in [0.717, 1.165) is 0 Å². The molecule has 4 nitrogen and oxygen atoms in total. The summed E-state index contributed by atoms with van der Waals surface area (Å²) in [6.07, 6.45) is 0.523. The number of hydrogen-bond acceptors (Lipinski definition) is 3. The smallest absolute Gasteiger partial charge is 0.241 e. The quantitative estimate of drug-likeness (QED) is 0.861. The Labute approximate surface area is 107 Å². The maximum atomic E-state index is 12.1. The molecule has 0 saturated heterocycles. The Morgan fingerprint density at radius 2 is 2.12 bits per heavy atom. The molecule has 17 heavy (non-hydrogen) atoms. The van der Waals surface area contributed by atoms with Gasteiger partial charge in [0.15, 0.2) is 0 Å². The Morgan fingerprint density at radius 3 is 2.65 bits per heavy atom. The number of nitrogens with one attached hydrogen (secondary N) is 1. The normalized spacial score (nSPS) is 13.6. The van der Waals surface area contributed by atoms with E-state index in [1.807, 2.05) is 0 Å². The number of aliphatic hydroxyl groups is 1. The summed E-state index contributed by atoms with van der Waals surface area (Å²) in [6, 6.07) is 4.22. The van der Waals surface area contributed by atoms with Crippen molar-refractivity contribution in [1.29, 1.82) is 0 Å². The second kappa shape index (κ2) is 5.82. The molecule has 96 valence electrons. The largest absolute Gasteiger partial charge is 0.395 e. The van der Waals surface area contributed by atoms with Crippen LogP contribution in [0.1, 0.15) is 18.9 Å². The van der Waals surface area contributed by atoms with Crippen LogP contribution in [0.2, 0.25) is 5.02 Å². The Balaban J connectivity index is 3.09. The summed E-state index contributed by atoms with van der Waals surface area (Å²) in [5.41, 5.74) is 0.620. The predicted octanol–water partition coefficient (Wildman–Crippen LogP) is 1.70. The first-order valence-corrected chi connectivity index (χ1v) is 7.16. The summed E-state index contributed by atoms with van der Waals surface area (Å²) in [4.78, 5) is 0.150. The predicted molar refractivity (Wildman–Crippen MR) is 67.7 cm³/mol. The molecule has 0 radical (unpaired) electrons. The Bertz CT molecular complexity index is 483. The van der Waals surface area contributed by atoms with E-state index in [2.05, 4.69) is 4.72 Å². The van der Waals surface area contributed by atoms with Gasteiger partial charge in [0.2, 0.25) is 10.0 Å². The van der Waals surface area contributed by atoms with Crippen molar-refractivity contribution in [2.24, 2.45) is 0 Å². The van der Waals surface area contributed by atoms with E-state index >= 15 is 0 Å². The van der Waals surface area contributed by atoms with Crippen LogP contribution in [0.4, 0.5) is 0 Å². The molecule has 0 aliphatic heterocycles. The van der Waals surface area contributed by atoms with Gasteiger partial charge in [-0.15, -0.1) is 0 Å². The first-order chi connectivity index (χ1) is 7.90. The molecule has 1 aromatic carbocycles. The van der Waals surface area contributed by atoms with Gasteiger partial charge in [-0.2, -0.15) is 0 Å². The first-order valence-electron chi connectivity index (χ1n) is 5.30. The Morgan fingerprint density at radius 1 is 1.47 bits per heavy atom. The van der Waals surface area contributed by atoms with Crippen LogP contribution in [-0.2, 0) is 10.0 Å². The van der Waals surface area contributed by atoms with Crippen LogP contribution in [0.15, 0.2) is 23.1 Å². The zero-order valence-corrected chi connectivity index (χ0v) is 11.3. The minimum absolute atomic E-state index is 0.150. The van der Waals surface area contributed by atoms with Gasteiger partial charge in [0.1, 0.15) is 0 Å². The molecule has 1 unspecified atom stereocenters. The minimum atomic E-state index is -3.63. The first kappa shape index (κ1) is 14.4. The Kier molecular flexibility index (Phi) is 4.94. The van der Waals surface area contributed by atoms with Crippen molar-refractivity contribution in [3.63, 3.8) is 0 Å². The van der Waals surface area contributed by atoms with Crippen LogP contribution >= 0.6 is 11.6 Å². The molecule has 0 saturated carbocycles. The summed E-state index contributed by atoms with van der Waals surface area (Å²) < 4.78 is 26.5. The maximum absolute atomic E-state index is 12.1. The molecular weight excluding hydrogens is 262 g/mol. The maximum Gasteiger partial charge on any atom is 0.241 e. The summed E-state index contributed by atoms with van der Waals surface area (Å²) in [6.45, 7) is 3.27. The lowest BCUT2D eigenvalue weighted by atomic mass is 10.2. The molecule has 0 amide bonds. The molecule has 0 aliphatic carbocycles. The van der Waals surface area contributed by atoms with Crippen molar-refractivity contribution in [2.75, 3.05) is 6.61 Å². The van der Waals surface area contributed by atoms with Crippen LogP contribution in [0, 0.1) is 6.92 Å². The lowest BCUT2D eigenvalue weighted by molar-refractivity contribution is 0.254. The van der Waals surface area contributed by atoms with Crippen LogP contribution < -0.4 is 4.72 Å². The molecule has 1 aromatic rings. The number of hydrogen-bond donors (Lipinski definition) is 2. The van der Waals surface area contributed by atoms with Crippen LogP contribution in [0.25, 0.3) is 0 Å².